The molecule has 11 heteroatoms. The van der Waals surface area contributed by atoms with Crippen LogP contribution in [-0.4, -0.2) is 67.2 Å². The number of hydrogen-bond donors (Lipinski definition) is 1. The molecule has 4 aromatic rings. The lowest BCUT2D eigenvalue weighted by Gasteiger charge is -2.49. The molecule has 0 atom stereocenters. The third-order valence-corrected chi connectivity index (χ3v) is 7.66. The molecule has 1 spiro atoms. The average Bonchev–Trinajstić information content (AvgIpc) is 3.42. The molecule has 11 nitrogen and oxygen atoms in total. The van der Waals surface area contributed by atoms with Crippen molar-refractivity contribution in [3.05, 3.63) is 76.0 Å². The monoisotopic (exact) mass is 527 g/mol. The number of likely N-dealkylation sites (tertiary alicyclic amines) is 1. The summed E-state index contributed by atoms with van der Waals surface area (Å²) in [5.41, 5.74) is 2.42. The largest absolute Gasteiger partial charge is 0.370 e. The van der Waals surface area contributed by atoms with E-state index < -0.39 is 0 Å². The summed E-state index contributed by atoms with van der Waals surface area (Å²) in [6.07, 6.45) is 4.43. The van der Waals surface area contributed by atoms with E-state index >= 15 is 0 Å². The maximum atomic E-state index is 13.2. The van der Waals surface area contributed by atoms with E-state index in [9.17, 15) is 9.59 Å². The van der Waals surface area contributed by atoms with Crippen molar-refractivity contribution in [2.75, 3.05) is 43.4 Å². The van der Waals surface area contributed by atoms with Crippen LogP contribution in [-0.2, 0) is 6.54 Å². The van der Waals surface area contributed by atoms with Crippen molar-refractivity contribution in [2.24, 2.45) is 5.41 Å². The second-order valence-corrected chi connectivity index (χ2v) is 11.0. The van der Waals surface area contributed by atoms with Gasteiger partial charge >= 0.3 is 0 Å². The van der Waals surface area contributed by atoms with Crippen LogP contribution in [0.5, 0.6) is 0 Å². The maximum absolute atomic E-state index is 13.2. The van der Waals surface area contributed by atoms with Crippen LogP contribution >= 0.6 is 0 Å². The minimum atomic E-state index is -0.259. The van der Waals surface area contributed by atoms with Gasteiger partial charge in [-0.15, -0.1) is 11.7 Å². The molecule has 0 aliphatic carbocycles. The van der Waals surface area contributed by atoms with Crippen LogP contribution < -0.4 is 21.3 Å². The van der Waals surface area contributed by atoms with E-state index in [0.717, 1.165) is 18.8 Å². The van der Waals surface area contributed by atoms with E-state index in [0.29, 0.717) is 28.2 Å². The van der Waals surface area contributed by atoms with Crippen LogP contribution in [0.15, 0.2) is 64.8 Å². The molecule has 1 N–H and O–H groups in total. The summed E-state index contributed by atoms with van der Waals surface area (Å²) in [7, 11) is 2.20. The smallest absolute Gasteiger partial charge is 0.278 e. The summed E-state index contributed by atoms with van der Waals surface area (Å²) in [6, 6.07) is 11.2. The Morgan fingerprint density at radius 1 is 1.10 bits per heavy atom. The molecular formula is C28H33N9O2. The molecule has 0 amide bonds. The number of anilines is 3. The predicted molar refractivity (Wildman–Crippen MR) is 152 cm³/mol. The van der Waals surface area contributed by atoms with Crippen molar-refractivity contribution in [2.45, 2.75) is 32.9 Å². The van der Waals surface area contributed by atoms with Crippen molar-refractivity contribution in [1.82, 2.24) is 34.0 Å². The Labute approximate surface area is 226 Å². The second kappa shape index (κ2) is 9.49. The molecular weight excluding hydrogens is 494 g/mol. The van der Waals surface area contributed by atoms with Crippen molar-refractivity contribution in [3.63, 3.8) is 0 Å². The highest BCUT2D eigenvalue weighted by Gasteiger charge is 2.46. The third kappa shape index (κ3) is 4.42. The molecule has 1 aromatic carbocycles. The summed E-state index contributed by atoms with van der Waals surface area (Å²) in [5.74, 6) is 0.765. The third-order valence-electron chi connectivity index (χ3n) is 7.66. The Kier molecular flexibility index (Phi) is 6.10. The van der Waals surface area contributed by atoms with Gasteiger partial charge in [0.1, 0.15) is 5.39 Å². The molecule has 2 saturated heterocycles. The second-order valence-electron chi connectivity index (χ2n) is 11.0. The first kappa shape index (κ1) is 25.1. The molecule has 2 aliphatic rings. The van der Waals surface area contributed by atoms with Gasteiger partial charge in [0.15, 0.2) is 11.5 Å². The fourth-order valence-electron chi connectivity index (χ4n) is 5.75. The fourth-order valence-corrected chi connectivity index (χ4v) is 5.75. The van der Waals surface area contributed by atoms with E-state index in [2.05, 4.69) is 51.0 Å². The van der Waals surface area contributed by atoms with Gasteiger partial charge in [-0.3, -0.25) is 9.59 Å². The van der Waals surface area contributed by atoms with Gasteiger partial charge in [0.05, 0.1) is 12.6 Å². The van der Waals surface area contributed by atoms with Gasteiger partial charge in [-0.2, -0.15) is 4.98 Å². The van der Waals surface area contributed by atoms with Crippen molar-refractivity contribution < 1.29 is 0 Å². The number of allylic oxidation sites excluding steroid dienone is 1. The van der Waals surface area contributed by atoms with Gasteiger partial charge in [-0.05, 0) is 64.2 Å². The SMILES string of the molecule is C=CCn1c(=O)c2cnc(Nc3ccc(N4CC5(CCN(C)C5)C4)cc3)nc2n1-c1ccc(=O)n(C(C)C)n1. The summed E-state index contributed by atoms with van der Waals surface area (Å²) in [4.78, 5) is 39.5. The molecule has 39 heavy (non-hydrogen) atoms. The number of nitrogens with zero attached hydrogens (tertiary/aromatic N) is 8. The standard InChI is InChI=1S/C28H33N9O2/c1-5-13-35-26(39)22-15-29-27(31-25(22)37(35)23-10-11-24(38)36(32-23)19(2)3)30-20-6-8-21(9-7-20)34-17-28(18-34)12-14-33(4)16-28/h5-11,15,19H,1,12-14,16-18H2,2-4H3,(H,29,30,31). The van der Waals surface area contributed by atoms with Crippen LogP contribution in [0.3, 0.4) is 0 Å². The van der Waals surface area contributed by atoms with E-state index in [1.54, 1.807) is 16.8 Å². The Morgan fingerprint density at radius 3 is 2.54 bits per heavy atom. The molecule has 5 heterocycles. The topological polar surface area (TPSA) is 106 Å². The number of hydrogen-bond acceptors (Lipinski definition) is 8. The Balaban J connectivity index is 1.29. The molecule has 2 fully saturated rings. The maximum Gasteiger partial charge on any atom is 0.278 e. The molecule has 202 valence electrons. The Hall–Kier alpha value is -4.25. The first-order valence-corrected chi connectivity index (χ1v) is 13.3. The molecule has 0 bridgehead atoms. The van der Waals surface area contributed by atoms with E-state index in [1.165, 1.54) is 46.8 Å². The van der Waals surface area contributed by atoms with Crippen LogP contribution in [0.25, 0.3) is 16.9 Å². The first-order chi connectivity index (χ1) is 18.8. The summed E-state index contributed by atoms with van der Waals surface area (Å²) < 4.78 is 4.49. The zero-order valence-corrected chi connectivity index (χ0v) is 22.5. The number of fused-ring (bicyclic) bond motifs is 1. The van der Waals surface area contributed by atoms with Gasteiger partial charge in [-0.25, -0.2) is 19.0 Å². The number of nitrogens with one attached hydrogen (secondary N) is 1. The highest BCUT2D eigenvalue weighted by Crippen LogP contribution is 2.41. The predicted octanol–water partition coefficient (Wildman–Crippen LogP) is 2.79. The average molecular weight is 528 g/mol. The molecule has 6 rings (SSSR count). The highest BCUT2D eigenvalue weighted by molar-refractivity contribution is 5.77. The van der Waals surface area contributed by atoms with Gasteiger partial charge in [0.25, 0.3) is 11.1 Å². The Morgan fingerprint density at radius 2 is 1.87 bits per heavy atom. The lowest BCUT2D eigenvalue weighted by molar-refractivity contribution is 0.218. The minimum absolute atomic E-state index is 0.144. The Bertz CT molecular complexity index is 1660. The minimum Gasteiger partial charge on any atom is -0.370 e. The van der Waals surface area contributed by atoms with Crippen LogP contribution in [0.2, 0.25) is 0 Å². The molecule has 0 radical (unpaired) electrons. The lowest BCUT2D eigenvalue weighted by Crippen LogP contribution is -2.57. The summed E-state index contributed by atoms with van der Waals surface area (Å²) in [5, 5.41) is 8.13. The first-order valence-electron chi connectivity index (χ1n) is 13.3. The van der Waals surface area contributed by atoms with Gasteiger partial charge in [-0.1, -0.05) is 6.08 Å². The molecule has 3 aromatic heterocycles. The van der Waals surface area contributed by atoms with Crippen LogP contribution in [0.1, 0.15) is 26.3 Å². The van der Waals surface area contributed by atoms with E-state index in [1.807, 2.05) is 26.0 Å². The van der Waals surface area contributed by atoms with Crippen molar-refractivity contribution in [3.8, 4) is 5.82 Å². The number of aromatic nitrogens is 6. The zero-order valence-electron chi connectivity index (χ0n) is 22.5. The number of rotatable bonds is 7. The van der Waals surface area contributed by atoms with Gasteiger partial charge in [0, 0.05) is 48.7 Å². The van der Waals surface area contributed by atoms with Crippen molar-refractivity contribution >= 4 is 28.4 Å². The van der Waals surface area contributed by atoms with E-state index in [-0.39, 0.29) is 23.7 Å². The summed E-state index contributed by atoms with van der Waals surface area (Å²) in [6.45, 7) is 12.4. The lowest BCUT2D eigenvalue weighted by atomic mass is 9.79. The van der Waals surface area contributed by atoms with Crippen LogP contribution in [0.4, 0.5) is 17.3 Å². The van der Waals surface area contributed by atoms with E-state index in [4.69, 9.17) is 4.98 Å². The quantitative estimate of drug-likeness (QED) is 0.366. The number of benzene rings is 1. The zero-order chi connectivity index (χ0) is 27.3. The highest BCUT2D eigenvalue weighted by atomic mass is 16.1. The molecule has 0 saturated carbocycles. The van der Waals surface area contributed by atoms with Crippen molar-refractivity contribution in [1.29, 1.82) is 0 Å². The normalized spacial score (nSPS) is 16.8. The molecule has 2 aliphatic heterocycles. The fraction of sp³-hybridized carbons (Fsp3) is 0.393. The van der Waals surface area contributed by atoms with Gasteiger partial charge in [0.2, 0.25) is 5.95 Å². The summed E-state index contributed by atoms with van der Waals surface area (Å²) >= 11 is 0. The van der Waals surface area contributed by atoms with Crippen LogP contribution in [0, 0.1) is 5.41 Å². The van der Waals surface area contributed by atoms with Gasteiger partial charge < -0.3 is 15.1 Å². The molecule has 0 unspecified atom stereocenters.